The Morgan fingerprint density at radius 1 is 1.29 bits per heavy atom. The summed E-state index contributed by atoms with van der Waals surface area (Å²) < 4.78 is 0. The first-order valence-electron chi connectivity index (χ1n) is 7.89. The number of hydroxylamine groups is 2. The minimum absolute atomic E-state index is 0.0411. The maximum absolute atomic E-state index is 12.6. The van der Waals surface area contributed by atoms with E-state index in [1.165, 1.54) is 0 Å². The summed E-state index contributed by atoms with van der Waals surface area (Å²) in [4.78, 5) is 20.4. The van der Waals surface area contributed by atoms with Crippen molar-refractivity contribution in [3.05, 3.63) is 35.9 Å². The molecular weight excluding hydrogens is 264 g/mol. The molecule has 0 saturated carbocycles. The van der Waals surface area contributed by atoms with Crippen LogP contribution in [0.2, 0.25) is 0 Å². The molecule has 1 aromatic rings. The van der Waals surface area contributed by atoms with Gasteiger partial charge in [-0.15, -0.1) is 0 Å². The van der Waals surface area contributed by atoms with Crippen LogP contribution in [0.3, 0.4) is 0 Å². The summed E-state index contributed by atoms with van der Waals surface area (Å²) in [7, 11) is 0. The minimum atomic E-state index is 0.0411. The minimum Gasteiger partial charge on any atom is -0.323 e. The highest BCUT2D eigenvalue weighted by Gasteiger charge is 2.47. The van der Waals surface area contributed by atoms with E-state index in [4.69, 9.17) is 4.84 Å². The van der Waals surface area contributed by atoms with Gasteiger partial charge in [0.05, 0.1) is 6.04 Å². The van der Waals surface area contributed by atoms with Crippen LogP contribution in [0, 0.1) is 5.41 Å². The molecule has 1 aromatic carbocycles. The second-order valence-electron chi connectivity index (χ2n) is 6.42. The number of carbonyl (C=O) groups excluding carboxylic acids is 1. The van der Waals surface area contributed by atoms with Gasteiger partial charge in [0, 0.05) is 13.1 Å². The lowest BCUT2D eigenvalue weighted by atomic mass is 9.76. The molecule has 0 radical (unpaired) electrons. The highest BCUT2D eigenvalue weighted by atomic mass is 16.7. The molecule has 4 nitrogen and oxygen atoms in total. The van der Waals surface area contributed by atoms with Crippen molar-refractivity contribution in [2.75, 3.05) is 13.1 Å². The van der Waals surface area contributed by atoms with Gasteiger partial charge in [-0.25, -0.2) is 4.79 Å². The number of nitrogens with zero attached hydrogens (tertiary/aromatic N) is 2. The summed E-state index contributed by atoms with van der Waals surface area (Å²) in [5.74, 6) is 0. The quantitative estimate of drug-likeness (QED) is 0.850. The number of urea groups is 1. The van der Waals surface area contributed by atoms with Crippen LogP contribution in [0.1, 0.15) is 38.7 Å². The molecule has 1 unspecified atom stereocenters. The van der Waals surface area contributed by atoms with E-state index in [9.17, 15) is 4.79 Å². The second kappa shape index (κ2) is 5.68. The van der Waals surface area contributed by atoms with Gasteiger partial charge in [-0.2, -0.15) is 5.06 Å². The van der Waals surface area contributed by atoms with Gasteiger partial charge in [0.1, 0.15) is 6.61 Å². The van der Waals surface area contributed by atoms with Crippen LogP contribution in [0.15, 0.2) is 30.3 Å². The first-order chi connectivity index (χ1) is 10.1. The third-order valence-electron chi connectivity index (χ3n) is 5.19. The van der Waals surface area contributed by atoms with Gasteiger partial charge in [-0.1, -0.05) is 44.2 Å². The molecule has 3 aliphatic heterocycles. The first-order valence-corrected chi connectivity index (χ1v) is 7.89. The zero-order chi connectivity index (χ0) is 14.9. The maximum Gasteiger partial charge on any atom is 0.344 e. The molecule has 0 aliphatic carbocycles. The van der Waals surface area contributed by atoms with Gasteiger partial charge >= 0.3 is 6.03 Å². The van der Waals surface area contributed by atoms with E-state index in [-0.39, 0.29) is 17.5 Å². The van der Waals surface area contributed by atoms with Crippen LogP contribution < -0.4 is 0 Å². The van der Waals surface area contributed by atoms with Gasteiger partial charge in [0.2, 0.25) is 0 Å². The summed E-state index contributed by atoms with van der Waals surface area (Å²) in [5.41, 5.74) is 1.25. The highest BCUT2D eigenvalue weighted by molar-refractivity contribution is 5.75. The number of amides is 2. The monoisotopic (exact) mass is 288 g/mol. The van der Waals surface area contributed by atoms with Gasteiger partial charge in [-0.05, 0) is 30.2 Å². The molecule has 0 N–H and O–H groups in total. The predicted octanol–water partition coefficient (Wildman–Crippen LogP) is 3.43. The summed E-state index contributed by atoms with van der Waals surface area (Å²) >= 11 is 0. The normalized spacial score (nSPS) is 28.9. The molecular formula is C17H24N2O2. The van der Waals surface area contributed by atoms with E-state index in [0.29, 0.717) is 6.61 Å². The third-order valence-corrected chi connectivity index (χ3v) is 5.19. The van der Waals surface area contributed by atoms with Crippen molar-refractivity contribution in [1.29, 1.82) is 0 Å². The molecule has 21 heavy (non-hydrogen) atoms. The Morgan fingerprint density at radius 3 is 2.76 bits per heavy atom. The summed E-state index contributed by atoms with van der Waals surface area (Å²) in [6, 6.07) is 10.3. The molecule has 114 valence electrons. The number of hydrogen-bond donors (Lipinski definition) is 0. The molecule has 4 heteroatoms. The smallest absolute Gasteiger partial charge is 0.323 e. The number of hydrogen-bond acceptors (Lipinski definition) is 2. The van der Waals surface area contributed by atoms with Crippen molar-refractivity contribution < 1.29 is 9.63 Å². The largest absolute Gasteiger partial charge is 0.344 e. The molecule has 2 amide bonds. The average Bonchev–Trinajstić information content (AvgIpc) is 2.74. The lowest BCUT2D eigenvalue weighted by Gasteiger charge is -2.43. The first kappa shape index (κ1) is 14.4. The van der Waals surface area contributed by atoms with Crippen LogP contribution in [0.5, 0.6) is 0 Å². The fourth-order valence-corrected chi connectivity index (χ4v) is 3.44. The Morgan fingerprint density at radius 2 is 2.05 bits per heavy atom. The molecule has 0 aromatic heterocycles. The van der Waals surface area contributed by atoms with Crippen molar-refractivity contribution in [3.63, 3.8) is 0 Å². The topological polar surface area (TPSA) is 32.8 Å². The summed E-state index contributed by atoms with van der Waals surface area (Å²) in [6.45, 7) is 6.68. The Bertz CT molecular complexity index is 505. The van der Waals surface area contributed by atoms with E-state index < -0.39 is 0 Å². The van der Waals surface area contributed by atoms with Gasteiger partial charge in [0.15, 0.2) is 0 Å². The molecule has 2 bridgehead atoms. The van der Waals surface area contributed by atoms with Crippen molar-refractivity contribution in [2.45, 2.75) is 45.8 Å². The number of benzene rings is 1. The second-order valence-corrected chi connectivity index (χ2v) is 6.42. The number of fused-ring (bicyclic) bond motifs is 4. The van der Waals surface area contributed by atoms with Crippen molar-refractivity contribution in [2.24, 2.45) is 5.41 Å². The lowest BCUT2D eigenvalue weighted by Crippen LogP contribution is -2.55. The van der Waals surface area contributed by atoms with Crippen LogP contribution in [0.25, 0.3) is 0 Å². The molecule has 3 aliphatic rings. The fraction of sp³-hybridized carbons (Fsp3) is 0.588. The maximum atomic E-state index is 12.6. The zero-order valence-electron chi connectivity index (χ0n) is 12.9. The number of rotatable bonds is 4. The SMILES string of the molecule is CCC1(C)CCN2CC[C@@H]1N(OCc1ccccc1)C2=O. The van der Waals surface area contributed by atoms with E-state index in [2.05, 4.69) is 13.8 Å². The molecule has 3 saturated heterocycles. The Balaban J connectivity index is 1.77. The number of carbonyl (C=O) groups is 1. The van der Waals surface area contributed by atoms with E-state index >= 15 is 0 Å². The van der Waals surface area contributed by atoms with E-state index in [1.807, 2.05) is 35.2 Å². The zero-order valence-corrected chi connectivity index (χ0v) is 12.9. The molecule has 0 spiro atoms. The van der Waals surface area contributed by atoms with Crippen molar-refractivity contribution >= 4 is 6.03 Å². The van der Waals surface area contributed by atoms with Crippen molar-refractivity contribution in [3.8, 4) is 0 Å². The van der Waals surface area contributed by atoms with Gasteiger partial charge < -0.3 is 4.90 Å². The highest BCUT2D eigenvalue weighted by Crippen LogP contribution is 2.41. The van der Waals surface area contributed by atoms with Crippen LogP contribution in [0.4, 0.5) is 4.79 Å². The molecule has 3 heterocycles. The summed E-state index contributed by atoms with van der Waals surface area (Å²) in [5, 5.41) is 1.66. The summed E-state index contributed by atoms with van der Waals surface area (Å²) in [6.07, 6.45) is 3.14. The third kappa shape index (κ3) is 2.64. The average molecular weight is 288 g/mol. The van der Waals surface area contributed by atoms with Gasteiger partial charge in [-0.3, -0.25) is 4.84 Å². The van der Waals surface area contributed by atoms with E-state index in [1.54, 1.807) is 5.06 Å². The van der Waals surface area contributed by atoms with Crippen LogP contribution in [-0.4, -0.2) is 35.1 Å². The van der Waals surface area contributed by atoms with Gasteiger partial charge in [0.25, 0.3) is 0 Å². The van der Waals surface area contributed by atoms with Crippen molar-refractivity contribution in [1.82, 2.24) is 9.96 Å². The Kier molecular flexibility index (Phi) is 3.89. The molecule has 2 atom stereocenters. The van der Waals surface area contributed by atoms with E-state index in [0.717, 1.165) is 37.9 Å². The molecule has 3 fully saturated rings. The van der Waals surface area contributed by atoms with Crippen LogP contribution >= 0.6 is 0 Å². The fourth-order valence-electron chi connectivity index (χ4n) is 3.44. The Hall–Kier alpha value is -1.55. The lowest BCUT2D eigenvalue weighted by molar-refractivity contribution is -0.189. The molecule has 4 rings (SSSR count). The predicted molar refractivity (Wildman–Crippen MR) is 81.5 cm³/mol. The standard InChI is InChI=1S/C17H24N2O2/c1-3-17(2)10-12-18-11-9-15(17)19(16(18)20)21-13-14-7-5-4-6-8-14/h4-8,15H,3,9-13H2,1-2H3/t15-,17?/m0/s1. The Labute approximate surface area is 126 Å². The van der Waals surface area contributed by atoms with Crippen LogP contribution in [-0.2, 0) is 11.4 Å².